The van der Waals surface area contributed by atoms with Crippen LogP contribution in [-0.2, 0) is 11.2 Å². The molecule has 47 heavy (non-hydrogen) atoms. The number of hydrogen-bond acceptors (Lipinski definition) is 7. The zero-order valence-corrected chi connectivity index (χ0v) is 25.2. The predicted molar refractivity (Wildman–Crippen MR) is 167 cm³/mol. The molecule has 0 saturated heterocycles. The highest BCUT2D eigenvalue weighted by Crippen LogP contribution is 2.31. The lowest BCUT2D eigenvalue weighted by Gasteiger charge is -2.18. The fraction of sp³-hybridized carbons (Fsp3) is 0.212. The first-order valence-electron chi connectivity index (χ1n) is 14.3. The number of carbonyl (C=O) groups is 2. The Bertz CT molecular complexity index is 1890. The van der Waals surface area contributed by atoms with Crippen molar-refractivity contribution in [2.24, 2.45) is 0 Å². The van der Waals surface area contributed by atoms with E-state index in [2.05, 4.69) is 26.0 Å². The van der Waals surface area contributed by atoms with Crippen LogP contribution in [0.2, 0.25) is 0 Å². The molecule has 0 aliphatic carbocycles. The Labute approximate surface area is 266 Å². The number of alkyl halides is 3. The molecule has 0 aliphatic heterocycles. The molecule has 10 nitrogen and oxygen atoms in total. The lowest BCUT2D eigenvalue weighted by atomic mass is 10.1. The number of aliphatic hydroxyl groups is 1. The third-order valence-electron chi connectivity index (χ3n) is 6.67. The van der Waals surface area contributed by atoms with Crippen molar-refractivity contribution in [1.29, 1.82) is 0 Å². The van der Waals surface area contributed by atoms with Gasteiger partial charge in [-0.05, 0) is 79.6 Å². The fourth-order valence-corrected chi connectivity index (χ4v) is 4.41. The van der Waals surface area contributed by atoms with Gasteiger partial charge in [-0.25, -0.2) is 8.91 Å². The second-order valence-corrected chi connectivity index (χ2v) is 11.3. The Hall–Kier alpha value is -5.50. The molecule has 2 heterocycles. The predicted octanol–water partition coefficient (Wildman–Crippen LogP) is 5.90. The SMILES string of the molecule is CC(C)(O)CNC(=O)c1ccc(Nc2nc3ccc(-c4ccc(NC(=O)Cc5ccc(F)cc5)cc4)cn3n2)c(OCC(F)(F)F)c1. The maximum absolute atomic E-state index is 13.1. The van der Waals surface area contributed by atoms with Crippen LogP contribution in [0.25, 0.3) is 16.8 Å². The Morgan fingerprint density at radius 1 is 0.936 bits per heavy atom. The van der Waals surface area contributed by atoms with Gasteiger partial charge in [0.25, 0.3) is 5.91 Å². The second-order valence-electron chi connectivity index (χ2n) is 11.3. The number of nitrogens with zero attached hydrogens (tertiary/aromatic N) is 3. The molecule has 0 bridgehead atoms. The number of halogens is 4. The van der Waals surface area contributed by atoms with Crippen molar-refractivity contribution in [3.05, 3.63) is 102 Å². The van der Waals surface area contributed by atoms with Gasteiger partial charge in [-0.15, -0.1) is 5.10 Å². The van der Waals surface area contributed by atoms with Crippen LogP contribution >= 0.6 is 0 Å². The molecule has 5 rings (SSSR count). The summed E-state index contributed by atoms with van der Waals surface area (Å²) in [5.41, 5.74) is 2.24. The molecular weight excluding hydrogens is 620 g/mol. The molecule has 0 atom stereocenters. The van der Waals surface area contributed by atoms with Crippen LogP contribution in [0.3, 0.4) is 0 Å². The Balaban J connectivity index is 1.29. The molecule has 4 N–H and O–H groups in total. The minimum absolute atomic E-state index is 0.0306. The van der Waals surface area contributed by atoms with Crippen molar-refractivity contribution in [1.82, 2.24) is 19.9 Å². The number of hydrogen-bond donors (Lipinski definition) is 4. The molecule has 0 radical (unpaired) electrons. The molecule has 2 aromatic heterocycles. The smallest absolute Gasteiger partial charge is 0.422 e. The van der Waals surface area contributed by atoms with Gasteiger partial charge < -0.3 is 25.8 Å². The Kier molecular flexibility index (Phi) is 9.42. The number of nitrogens with one attached hydrogen (secondary N) is 3. The summed E-state index contributed by atoms with van der Waals surface area (Å²) in [6.07, 6.45) is -2.81. The number of anilines is 3. The lowest BCUT2D eigenvalue weighted by Crippen LogP contribution is -2.38. The molecule has 0 saturated carbocycles. The largest absolute Gasteiger partial charge is 0.482 e. The highest BCUT2D eigenvalue weighted by atomic mass is 19.4. The second kappa shape index (κ2) is 13.5. The zero-order chi connectivity index (χ0) is 33.8. The van der Waals surface area contributed by atoms with Gasteiger partial charge in [-0.3, -0.25) is 9.59 Å². The van der Waals surface area contributed by atoms with Gasteiger partial charge >= 0.3 is 6.18 Å². The van der Waals surface area contributed by atoms with E-state index in [1.807, 2.05) is 18.2 Å². The van der Waals surface area contributed by atoms with Gasteiger partial charge in [0.2, 0.25) is 11.9 Å². The third-order valence-corrected chi connectivity index (χ3v) is 6.67. The van der Waals surface area contributed by atoms with E-state index < -0.39 is 24.3 Å². The maximum Gasteiger partial charge on any atom is 0.422 e. The number of amides is 2. The number of fused-ring (bicyclic) bond motifs is 1. The van der Waals surface area contributed by atoms with Crippen LogP contribution in [0, 0.1) is 5.82 Å². The Morgan fingerprint density at radius 3 is 2.32 bits per heavy atom. The number of pyridine rings is 1. The first kappa shape index (κ1) is 32.9. The van der Waals surface area contributed by atoms with E-state index >= 15 is 0 Å². The van der Waals surface area contributed by atoms with Gasteiger partial charge in [-0.1, -0.05) is 24.3 Å². The van der Waals surface area contributed by atoms with E-state index in [9.17, 15) is 32.3 Å². The first-order valence-corrected chi connectivity index (χ1v) is 14.3. The van der Waals surface area contributed by atoms with Crippen LogP contribution in [0.4, 0.5) is 34.9 Å². The average Bonchev–Trinajstić information content (AvgIpc) is 3.41. The highest BCUT2D eigenvalue weighted by Gasteiger charge is 2.29. The average molecular weight is 651 g/mol. The quantitative estimate of drug-likeness (QED) is 0.131. The maximum atomic E-state index is 13.1. The van der Waals surface area contributed by atoms with Crippen LogP contribution in [-0.4, -0.2) is 56.4 Å². The zero-order valence-electron chi connectivity index (χ0n) is 25.2. The summed E-state index contributed by atoms with van der Waals surface area (Å²) in [5.74, 6) is -1.40. The number of rotatable bonds is 11. The van der Waals surface area contributed by atoms with Gasteiger partial charge in [0, 0.05) is 29.6 Å². The number of aromatic nitrogens is 3. The molecule has 14 heteroatoms. The summed E-state index contributed by atoms with van der Waals surface area (Å²) in [7, 11) is 0. The standard InChI is InChI=1S/C33H30F4N6O4/c1-32(2,46)18-38-30(45)22-7-13-26(27(16-22)47-19-33(35,36)37)40-31-41-28-14-8-23(17-43(28)42-31)21-5-11-25(12-6-21)39-29(44)15-20-3-9-24(34)10-4-20/h3-14,16-17,46H,15,18-19H2,1-2H3,(H,38,45)(H,39,44)(H,40,42). The fourth-order valence-electron chi connectivity index (χ4n) is 4.41. The van der Waals surface area contributed by atoms with Crippen molar-refractivity contribution < 1.29 is 37.0 Å². The van der Waals surface area contributed by atoms with Crippen molar-refractivity contribution in [2.45, 2.75) is 32.0 Å². The highest BCUT2D eigenvalue weighted by molar-refractivity contribution is 5.95. The molecule has 2 amide bonds. The molecule has 3 aromatic carbocycles. The number of benzene rings is 3. The van der Waals surface area contributed by atoms with Crippen LogP contribution in [0.5, 0.6) is 5.75 Å². The van der Waals surface area contributed by atoms with E-state index in [-0.39, 0.29) is 47.6 Å². The van der Waals surface area contributed by atoms with Crippen molar-refractivity contribution in [3.8, 4) is 16.9 Å². The van der Waals surface area contributed by atoms with Gasteiger partial charge in [-0.2, -0.15) is 18.2 Å². The lowest BCUT2D eigenvalue weighted by molar-refractivity contribution is -0.153. The first-order chi connectivity index (χ1) is 22.2. The summed E-state index contributed by atoms with van der Waals surface area (Å²) in [6.45, 7) is 1.34. The van der Waals surface area contributed by atoms with Crippen molar-refractivity contribution >= 4 is 34.8 Å². The molecule has 244 valence electrons. The summed E-state index contributed by atoms with van der Waals surface area (Å²) >= 11 is 0. The van der Waals surface area contributed by atoms with E-state index in [0.29, 0.717) is 16.9 Å². The van der Waals surface area contributed by atoms with Crippen molar-refractivity contribution in [2.75, 3.05) is 23.8 Å². The summed E-state index contributed by atoms with van der Waals surface area (Å²) in [6, 6.07) is 20.3. The Morgan fingerprint density at radius 2 is 1.64 bits per heavy atom. The number of carbonyl (C=O) groups excluding carboxylic acids is 2. The molecule has 0 spiro atoms. The van der Waals surface area contributed by atoms with Gasteiger partial charge in [0.15, 0.2) is 12.3 Å². The van der Waals surface area contributed by atoms with Crippen molar-refractivity contribution in [3.63, 3.8) is 0 Å². The normalized spacial score (nSPS) is 11.7. The van der Waals surface area contributed by atoms with Gasteiger partial charge in [0.05, 0.1) is 17.7 Å². The number of ether oxygens (including phenoxy) is 1. The van der Waals surface area contributed by atoms with Gasteiger partial charge in [0.1, 0.15) is 11.6 Å². The van der Waals surface area contributed by atoms with E-state index in [4.69, 9.17) is 4.74 Å². The monoisotopic (exact) mass is 650 g/mol. The molecule has 0 fully saturated rings. The molecule has 0 unspecified atom stereocenters. The van der Waals surface area contributed by atoms with E-state index in [1.165, 1.54) is 42.6 Å². The van der Waals surface area contributed by atoms with Crippen LogP contribution in [0.1, 0.15) is 29.8 Å². The van der Waals surface area contributed by atoms with E-state index in [1.54, 1.807) is 36.5 Å². The molecule has 5 aromatic rings. The summed E-state index contributed by atoms with van der Waals surface area (Å²) in [4.78, 5) is 29.3. The van der Waals surface area contributed by atoms with Crippen LogP contribution < -0.4 is 20.7 Å². The minimum atomic E-state index is -4.62. The minimum Gasteiger partial charge on any atom is -0.482 e. The molecular formula is C33H30F4N6O4. The summed E-state index contributed by atoms with van der Waals surface area (Å²) in [5, 5.41) is 22.4. The van der Waals surface area contributed by atoms with Crippen LogP contribution in [0.15, 0.2) is 85.1 Å². The topological polar surface area (TPSA) is 130 Å². The third kappa shape index (κ3) is 9.26. The molecule has 0 aliphatic rings. The van der Waals surface area contributed by atoms with E-state index in [0.717, 1.165) is 17.2 Å². The summed E-state index contributed by atoms with van der Waals surface area (Å²) < 4.78 is 58.6.